The van der Waals surface area contributed by atoms with E-state index in [1.54, 1.807) is 12.3 Å². The van der Waals surface area contributed by atoms with Crippen molar-refractivity contribution in [2.24, 2.45) is 10.9 Å². The van der Waals surface area contributed by atoms with E-state index in [1.807, 2.05) is 6.07 Å². The van der Waals surface area contributed by atoms with E-state index in [-0.39, 0.29) is 5.84 Å². The summed E-state index contributed by atoms with van der Waals surface area (Å²) in [6.45, 7) is 2.79. The number of hydrogen-bond donors (Lipinski definition) is 2. The van der Waals surface area contributed by atoms with E-state index in [9.17, 15) is 8.42 Å². The Morgan fingerprint density at radius 3 is 2.67 bits per heavy atom. The minimum absolute atomic E-state index is 0.0274. The molecule has 116 valence electrons. The lowest BCUT2D eigenvalue weighted by Gasteiger charge is -2.33. The van der Waals surface area contributed by atoms with Gasteiger partial charge in [-0.2, -0.15) is 4.31 Å². The first-order valence-corrected chi connectivity index (χ1v) is 8.36. The molecule has 0 atom stereocenters. The van der Waals surface area contributed by atoms with E-state index in [0.29, 0.717) is 38.4 Å². The van der Waals surface area contributed by atoms with Gasteiger partial charge in [0.25, 0.3) is 0 Å². The van der Waals surface area contributed by atoms with E-state index in [0.717, 1.165) is 5.56 Å². The third kappa shape index (κ3) is 3.90. The second kappa shape index (κ2) is 6.37. The summed E-state index contributed by atoms with van der Waals surface area (Å²) in [5, 5.41) is 11.8. The number of nitrogens with two attached hydrogens (primary N) is 1. The molecule has 21 heavy (non-hydrogen) atoms. The molecule has 0 saturated carbocycles. The summed E-state index contributed by atoms with van der Waals surface area (Å²) in [4.78, 5) is 6.24. The van der Waals surface area contributed by atoms with Gasteiger partial charge in [-0.1, -0.05) is 11.2 Å². The Morgan fingerprint density at radius 2 is 2.10 bits per heavy atom. The Balaban J connectivity index is 2.05. The van der Waals surface area contributed by atoms with Crippen LogP contribution >= 0.6 is 0 Å². The average Bonchev–Trinajstić information content (AvgIpc) is 2.46. The summed E-state index contributed by atoms with van der Waals surface area (Å²) in [5.41, 5.74) is 6.91. The van der Waals surface area contributed by atoms with Crippen molar-refractivity contribution in [3.05, 3.63) is 29.6 Å². The fourth-order valence-electron chi connectivity index (χ4n) is 2.30. The fourth-order valence-corrected chi connectivity index (χ4v) is 3.13. The molecule has 1 fully saturated rings. The largest absolute Gasteiger partial charge is 0.409 e. The van der Waals surface area contributed by atoms with E-state index >= 15 is 0 Å². The molecule has 1 aromatic rings. The highest BCUT2D eigenvalue weighted by atomic mass is 32.2. The highest BCUT2D eigenvalue weighted by Gasteiger charge is 2.24. The third-order valence-electron chi connectivity index (χ3n) is 3.44. The maximum atomic E-state index is 11.5. The summed E-state index contributed by atoms with van der Waals surface area (Å²) in [5.74, 6) is -0.0274. The molecule has 2 heterocycles. The second-order valence-corrected chi connectivity index (χ2v) is 6.92. The lowest BCUT2D eigenvalue weighted by Crippen LogP contribution is -2.48. The average molecular weight is 313 g/mol. The van der Waals surface area contributed by atoms with Gasteiger partial charge in [0.1, 0.15) is 5.69 Å². The highest BCUT2D eigenvalue weighted by molar-refractivity contribution is 7.88. The molecular weight excluding hydrogens is 294 g/mol. The van der Waals surface area contributed by atoms with Crippen LogP contribution in [-0.2, 0) is 16.6 Å². The van der Waals surface area contributed by atoms with Crippen molar-refractivity contribution in [2.75, 3.05) is 32.4 Å². The Morgan fingerprint density at radius 1 is 1.43 bits per heavy atom. The summed E-state index contributed by atoms with van der Waals surface area (Å²) < 4.78 is 24.4. The lowest BCUT2D eigenvalue weighted by molar-refractivity contribution is 0.182. The Kier molecular flexibility index (Phi) is 4.76. The zero-order chi connectivity index (χ0) is 15.5. The molecular formula is C12H19N5O3S. The van der Waals surface area contributed by atoms with Gasteiger partial charge >= 0.3 is 0 Å². The van der Waals surface area contributed by atoms with E-state index in [1.165, 1.54) is 10.6 Å². The van der Waals surface area contributed by atoms with Gasteiger partial charge in [0.05, 0.1) is 6.26 Å². The van der Waals surface area contributed by atoms with Crippen LogP contribution in [0.4, 0.5) is 0 Å². The van der Waals surface area contributed by atoms with Gasteiger partial charge in [-0.25, -0.2) is 8.42 Å². The zero-order valence-corrected chi connectivity index (χ0v) is 12.6. The minimum atomic E-state index is -3.13. The maximum absolute atomic E-state index is 11.5. The smallest absolute Gasteiger partial charge is 0.211 e. The van der Waals surface area contributed by atoms with Crippen LogP contribution in [0, 0.1) is 0 Å². The molecule has 1 aliphatic rings. The Labute approximate surface area is 123 Å². The zero-order valence-electron chi connectivity index (χ0n) is 11.8. The standard InChI is InChI=1S/C12H19N5O3S/c1-21(19,20)17-7-5-16(6-8-17)9-10-3-2-4-14-11(10)12(13)15-18/h2-4,18H,5-9H2,1H3,(H2,13,15). The monoisotopic (exact) mass is 313 g/mol. The number of amidine groups is 1. The summed E-state index contributed by atoms with van der Waals surface area (Å²) in [6.07, 6.45) is 2.80. The number of aromatic nitrogens is 1. The molecule has 0 unspecified atom stereocenters. The van der Waals surface area contributed by atoms with Crippen molar-refractivity contribution in [1.82, 2.24) is 14.2 Å². The van der Waals surface area contributed by atoms with Crippen molar-refractivity contribution in [3.8, 4) is 0 Å². The van der Waals surface area contributed by atoms with Crippen LogP contribution in [0.3, 0.4) is 0 Å². The van der Waals surface area contributed by atoms with Crippen LogP contribution in [0.15, 0.2) is 23.5 Å². The molecule has 9 heteroatoms. The summed E-state index contributed by atoms with van der Waals surface area (Å²) in [6, 6.07) is 3.65. The van der Waals surface area contributed by atoms with E-state index in [4.69, 9.17) is 10.9 Å². The summed E-state index contributed by atoms with van der Waals surface area (Å²) >= 11 is 0. The van der Waals surface area contributed by atoms with Crippen LogP contribution in [0.1, 0.15) is 11.3 Å². The van der Waals surface area contributed by atoms with Gasteiger partial charge in [0, 0.05) is 38.9 Å². The van der Waals surface area contributed by atoms with Gasteiger partial charge in [0.2, 0.25) is 10.0 Å². The molecule has 0 aliphatic carbocycles. The van der Waals surface area contributed by atoms with Crippen LogP contribution in [0.2, 0.25) is 0 Å². The topological polar surface area (TPSA) is 112 Å². The van der Waals surface area contributed by atoms with Crippen LogP contribution in [0.25, 0.3) is 0 Å². The van der Waals surface area contributed by atoms with Crippen molar-refractivity contribution in [1.29, 1.82) is 0 Å². The minimum Gasteiger partial charge on any atom is -0.409 e. The molecule has 2 rings (SSSR count). The molecule has 0 aromatic carbocycles. The highest BCUT2D eigenvalue weighted by Crippen LogP contribution is 2.12. The number of piperazine rings is 1. The third-order valence-corrected chi connectivity index (χ3v) is 4.74. The number of rotatable bonds is 4. The predicted octanol–water partition coefficient (Wildman–Crippen LogP) is -0.747. The van der Waals surface area contributed by atoms with Crippen molar-refractivity contribution in [3.63, 3.8) is 0 Å². The molecule has 3 N–H and O–H groups in total. The molecule has 1 saturated heterocycles. The first kappa shape index (κ1) is 15.7. The fraction of sp³-hybridized carbons (Fsp3) is 0.500. The Hall–Kier alpha value is -1.71. The maximum Gasteiger partial charge on any atom is 0.211 e. The Bertz CT molecular complexity index is 624. The first-order chi connectivity index (χ1) is 9.91. The first-order valence-electron chi connectivity index (χ1n) is 6.51. The van der Waals surface area contributed by atoms with Crippen molar-refractivity contribution in [2.45, 2.75) is 6.54 Å². The van der Waals surface area contributed by atoms with E-state index in [2.05, 4.69) is 15.0 Å². The number of pyridine rings is 1. The molecule has 0 bridgehead atoms. The molecule has 0 radical (unpaired) electrons. The lowest BCUT2D eigenvalue weighted by atomic mass is 10.1. The van der Waals surface area contributed by atoms with Gasteiger partial charge in [-0.05, 0) is 11.6 Å². The van der Waals surface area contributed by atoms with Crippen molar-refractivity contribution >= 4 is 15.9 Å². The van der Waals surface area contributed by atoms with Crippen LogP contribution < -0.4 is 5.73 Å². The quantitative estimate of drug-likeness (QED) is 0.327. The molecule has 8 nitrogen and oxygen atoms in total. The number of nitrogens with zero attached hydrogens (tertiary/aromatic N) is 4. The molecule has 1 aromatic heterocycles. The molecule has 0 spiro atoms. The number of sulfonamides is 1. The predicted molar refractivity (Wildman–Crippen MR) is 78.4 cm³/mol. The number of oxime groups is 1. The SMILES string of the molecule is CS(=O)(=O)N1CCN(Cc2cccnc2C(N)=NO)CC1. The molecule has 0 amide bonds. The van der Waals surface area contributed by atoms with Gasteiger partial charge in [-0.3, -0.25) is 9.88 Å². The summed E-state index contributed by atoms with van der Waals surface area (Å²) in [7, 11) is -3.13. The van der Waals surface area contributed by atoms with Crippen LogP contribution in [0.5, 0.6) is 0 Å². The second-order valence-electron chi connectivity index (χ2n) is 4.93. The molecule has 1 aliphatic heterocycles. The number of hydrogen-bond acceptors (Lipinski definition) is 6. The van der Waals surface area contributed by atoms with Gasteiger partial charge < -0.3 is 10.9 Å². The van der Waals surface area contributed by atoms with Crippen LogP contribution in [-0.4, -0.2) is 66.1 Å². The van der Waals surface area contributed by atoms with Crippen molar-refractivity contribution < 1.29 is 13.6 Å². The van der Waals surface area contributed by atoms with Gasteiger partial charge in [0.15, 0.2) is 5.84 Å². The van der Waals surface area contributed by atoms with E-state index < -0.39 is 10.0 Å². The normalized spacial score (nSPS) is 18.8. The van der Waals surface area contributed by atoms with Gasteiger partial charge in [-0.15, -0.1) is 0 Å².